The summed E-state index contributed by atoms with van der Waals surface area (Å²) in [5.74, 6) is 0.921. The van der Waals surface area contributed by atoms with Crippen molar-refractivity contribution in [1.82, 2.24) is 15.3 Å². The minimum Gasteiger partial charge on any atom is -0.315 e. The molecule has 0 radical (unpaired) electrons. The lowest BCUT2D eigenvalue weighted by molar-refractivity contribution is 0.255. The highest BCUT2D eigenvalue weighted by Gasteiger charge is 2.17. The van der Waals surface area contributed by atoms with Gasteiger partial charge in [0.2, 0.25) is 5.95 Å². The van der Waals surface area contributed by atoms with Crippen LogP contribution >= 0.6 is 15.9 Å². The van der Waals surface area contributed by atoms with Crippen molar-refractivity contribution in [2.45, 2.75) is 12.8 Å². The molecule has 0 aromatic carbocycles. The van der Waals surface area contributed by atoms with E-state index in [4.69, 9.17) is 0 Å². The van der Waals surface area contributed by atoms with Crippen LogP contribution in [0.1, 0.15) is 12.8 Å². The molecule has 0 unspecified atom stereocenters. The molecule has 1 fully saturated rings. The molecule has 0 aliphatic heterocycles. The number of hydrogen-bond donors (Lipinski definition) is 2. The summed E-state index contributed by atoms with van der Waals surface area (Å²) in [6, 6.07) is -0.334. The van der Waals surface area contributed by atoms with Gasteiger partial charge >= 0.3 is 6.03 Å². The van der Waals surface area contributed by atoms with Gasteiger partial charge in [-0.1, -0.05) is 6.08 Å². The fourth-order valence-electron chi connectivity index (χ4n) is 1.06. The quantitative estimate of drug-likeness (QED) is 0.894. The van der Waals surface area contributed by atoms with Crippen LogP contribution in [0, 0.1) is 5.92 Å². The molecule has 16 heavy (non-hydrogen) atoms. The molecule has 2 rings (SSSR count). The number of carbonyl (C=O) groups excluding carboxylic acids is 1. The molecule has 2 N–H and O–H groups in total. The summed E-state index contributed by atoms with van der Waals surface area (Å²) in [5, 5.41) is 5.11. The van der Waals surface area contributed by atoms with Crippen LogP contribution in [-0.4, -0.2) is 16.0 Å². The number of hydrogen-bond acceptors (Lipinski definition) is 3. The molecule has 2 amide bonds. The maximum atomic E-state index is 11.3. The summed E-state index contributed by atoms with van der Waals surface area (Å²) in [5.41, 5.74) is 0. The first kappa shape index (κ1) is 11.1. The third kappa shape index (κ3) is 3.62. The number of amides is 2. The molecule has 1 heterocycles. The zero-order valence-corrected chi connectivity index (χ0v) is 10.1. The van der Waals surface area contributed by atoms with E-state index < -0.39 is 0 Å². The summed E-state index contributed by atoms with van der Waals surface area (Å²) >= 11 is 3.21. The zero-order valence-electron chi connectivity index (χ0n) is 8.48. The SMILES string of the molecule is O=C(N/C=C/C1CC1)Nc1ncc(Br)cn1. The highest BCUT2D eigenvalue weighted by molar-refractivity contribution is 9.10. The van der Waals surface area contributed by atoms with Crippen LogP contribution in [-0.2, 0) is 0 Å². The maximum Gasteiger partial charge on any atom is 0.325 e. The fourth-order valence-corrected chi connectivity index (χ4v) is 1.27. The van der Waals surface area contributed by atoms with Gasteiger partial charge in [-0.3, -0.25) is 5.32 Å². The Kier molecular flexibility index (Phi) is 3.51. The Labute approximate surface area is 101 Å². The Hall–Kier alpha value is -1.43. The normalized spacial score (nSPS) is 15.1. The van der Waals surface area contributed by atoms with Gasteiger partial charge in [-0.15, -0.1) is 0 Å². The highest BCUT2D eigenvalue weighted by Crippen LogP contribution is 2.29. The Bertz CT molecular complexity index is 400. The van der Waals surface area contributed by atoms with E-state index in [0.717, 1.165) is 4.47 Å². The second kappa shape index (κ2) is 5.07. The third-order valence-electron chi connectivity index (χ3n) is 2.05. The van der Waals surface area contributed by atoms with E-state index in [1.54, 1.807) is 18.6 Å². The topological polar surface area (TPSA) is 66.9 Å². The number of rotatable bonds is 3. The summed E-state index contributed by atoms with van der Waals surface area (Å²) < 4.78 is 0.770. The van der Waals surface area contributed by atoms with E-state index in [1.165, 1.54) is 12.8 Å². The molecule has 1 aromatic rings. The third-order valence-corrected chi connectivity index (χ3v) is 2.46. The average molecular weight is 283 g/mol. The molecule has 5 nitrogen and oxygen atoms in total. The van der Waals surface area contributed by atoms with Crippen molar-refractivity contribution >= 4 is 27.9 Å². The van der Waals surface area contributed by atoms with Gasteiger partial charge in [0.1, 0.15) is 0 Å². The molecule has 1 aromatic heterocycles. The van der Waals surface area contributed by atoms with E-state index in [1.807, 2.05) is 6.08 Å². The molecule has 0 spiro atoms. The van der Waals surface area contributed by atoms with Crippen molar-refractivity contribution in [3.63, 3.8) is 0 Å². The molecular formula is C10H11BrN4O. The van der Waals surface area contributed by atoms with Crippen molar-refractivity contribution in [2.24, 2.45) is 5.92 Å². The summed E-state index contributed by atoms with van der Waals surface area (Å²) in [6.45, 7) is 0. The highest BCUT2D eigenvalue weighted by atomic mass is 79.9. The minimum absolute atomic E-state index is 0.278. The van der Waals surface area contributed by atoms with Crippen LogP contribution in [0.4, 0.5) is 10.7 Å². The van der Waals surface area contributed by atoms with Crippen LogP contribution < -0.4 is 10.6 Å². The van der Waals surface area contributed by atoms with E-state index >= 15 is 0 Å². The number of nitrogens with one attached hydrogen (secondary N) is 2. The van der Waals surface area contributed by atoms with Gasteiger partial charge < -0.3 is 5.32 Å². The standard InChI is InChI=1S/C10H11BrN4O/c11-8-5-13-9(14-6-8)15-10(16)12-4-3-7-1-2-7/h3-7H,1-2H2,(H2,12,13,14,15,16)/b4-3+. The molecule has 1 saturated carbocycles. The number of aromatic nitrogens is 2. The van der Waals surface area contributed by atoms with Crippen molar-refractivity contribution in [2.75, 3.05) is 5.32 Å². The van der Waals surface area contributed by atoms with Crippen molar-refractivity contribution in [3.8, 4) is 0 Å². The number of nitrogens with zero attached hydrogens (tertiary/aromatic N) is 2. The van der Waals surface area contributed by atoms with Gasteiger partial charge in [0, 0.05) is 18.6 Å². The molecule has 0 atom stereocenters. The van der Waals surface area contributed by atoms with Crippen molar-refractivity contribution in [3.05, 3.63) is 29.1 Å². The fraction of sp³-hybridized carbons (Fsp3) is 0.300. The number of anilines is 1. The molecule has 1 aliphatic rings. The molecule has 0 bridgehead atoms. The predicted octanol–water partition coefficient (Wildman–Crippen LogP) is 2.28. The average Bonchev–Trinajstić information content (AvgIpc) is 3.05. The van der Waals surface area contributed by atoms with Crippen molar-refractivity contribution in [1.29, 1.82) is 0 Å². The molecule has 1 aliphatic carbocycles. The summed E-state index contributed by atoms with van der Waals surface area (Å²) in [6.07, 6.45) is 9.23. The zero-order chi connectivity index (χ0) is 11.4. The van der Waals surface area contributed by atoms with Crippen LogP contribution in [0.15, 0.2) is 29.1 Å². The molecular weight excluding hydrogens is 272 g/mol. The van der Waals surface area contributed by atoms with Gasteiger partial charge in [0.05, 0.1) is 4.47 Å². The van der Waals surface area contributed by atoms with E-state index in [2.05, 4.69) is 36.5 Å². The largest absolute Gasteiger partial charge is 0.325 e. The maximum absolute atomic E-state index is 11.3. The monoisotopic (exact) mass is 282 g/mol. The Morgan fingerprint density at radius 2 is 2.12 bits per heavy atom. The summed E-state index contributed by atoms with van der Waals surface area (Å²) in [7, 11) is 0. The van der Waals surface area contributed by atoms with Crippen molar-refractivity contribution < 1.29 is 4.79 Å². The van der Waals surface area contributed by atoms with E-state index in [0.29, 0.717) is 5.92 Å². The number of halogens is 1. The summed E-state index contributed by atoms with van der Waals surface area (Å²) in [4.78, 5) is 19.2. The first-order valence-corrected chi connectivity index (χ1v) is 5.75. The van der Waals surface area contributed by atoms with Crippen LogP contribution in [0.25, 0.3) is 0 Å². The predicted molar refractivity (Wildman–Crippen MR) is 63.8 cm³/mol. The molecule has 84 valence electrons. The second-order valence-corrected chi connectivity index (χ2v) is 4.44. The Morgan fingerprint density at radius 1 is 1.44 bits per heavy atom. The number of urea groups is 1. The lowest BCUT2D eigenvalue weighted by Gasteiger charge is -2.01. The molecule has 0 saturated heterocycles. The first-order valence-electron chi connectivity index (χ1n) is 4.96. The van der Waals surface area contributed by atoms with Crippen LogP contribution in [0.5, 0.6) is 0 Å². The van der Waals surface area contributed by atoms with E-state index in [9.17, 15) is 4.79 Å². The van der Waals surface area contributed by atoms with Gasteiger partial charge in [0.25, 0.3) is 0 Å². The second-order valence-electron chi connectivity index (χ2n) is 3.52. The molecule has 6 heteroatoms. The van der Waals surface area contributed by atoms with E-state index in [-0.39, 0.29) is 12.0 Å². The number of carbonyl (C=O) groups is 1. The van der Waals surface area contributed by atoms with Crippen LogP contribution in [0.2, 0.25) is 0 Å². The first-order chi connectivity index (χ1) is 7.74. The minimum atomic E-state index is -0.334. The Morgan fingerprint density at radius 3 is 2.75 bits per heavy atom. The van der Waals surface area contributed by atoms with Gasteiger partial charge in [-0.05, 0) is 34.7 Å². The number of allylic oxidation sites excluding steroid dienone is 1. The lowest BCUT2D eigenvalue weighted by atomic mass is 10.4. The lowest BCUT2D eigenvalue weighted by Crippen LogP contribution is -2.24. The Balaban J connectivity index is 1.79. The van der Waals surface area contributed by atoms with Gasteiger partial charge in [-0.25, -0.2) is 14.8 Å². The smallest absolute Gasteiger partial charge is 0.315 e. The van der Waals surface area contributed by atoms with Gasteiger partial charge in [0.15, 0.2) is 0 Å². The van der Waals surface area contributed by atoms with Gasteiger partial charge in [-0.2, -0.15) is 0 Å². The van der Waals surface area contributed by atoms with Crippen LogP contribution in [0.3, 0.4) is 0 Å².